The second-order valence-corrected chi connectivity index (χ2v) is 5.15. The van der Waals surface area contributed by atoms with Gasteiger partial charge < -0.3 is 10.4 Å². The van der Waals surface area contributed by atoms with Crippen LogP contribution < -0.4 is 5.32 Å². The first-order chi connectivity index (χ1) is 7.41. The van der Waals surface area contributed by atoms with Crippen molar-refractivity contribution in [2.45, 2.75) is 33.4 Å². The zero-order valence-corrected chi connectivity index (χ0v) is 11.2. The van der Waals surface area contributed by atoms with E-state index in [0.29, 0.717) is 28.5 Å². The lowest BCUT2D eigenvalue weighted by molar-refractivity contribution is 0.415. The molecule has 0 amide bonds. The van der Waals surface area contributed by atoms with Crippen molar-refractivity contribution in [3.63, 3.8) is 0 Å². The quantitative estimate of drug-likeness (QED) is 0.864. The molecule has 0 aliphatic heterocycles. The van der Waals surface area contributed by atoms with Crippen molar-refractivity contribution in [2.75, 3.05) is 0 Å². The van der Waals surface area contributed by atoms with Crippen LogP contribution in [0.3, 0.4) is 0 Å². The predicted octanol–water partition coefficient (Wildman–Crippen LogP) is 3.83. The zero-order chi connectivity index (χ0) is 12.3. The van der Waals surface area contributed by atoms with Gasteiger partial charge in [-0.2, -0.15) is 0 Å². The summed E-state index contributed by atoms with van der Waals surface area (Å²) in [5.41, 5.74) is 0.727. The van der Waals surface area contributed by atoms with Crippen LogP contribution in [0.15, 0.2) is 12.1 Å². The lowest BCUT2D eigenvalue weighted by atomic mass is 10.1. The molecule has 0 bridgehead atoms. The summed E-state index contributed by atoms with van der Waals surface area (Å²) in [7, 11) is 0. The summed E-state index contributed by atoms with van der Waals surface area (Å²) >= 11 is 11.7. The van der Waals surface area contributed by atoms with E-state index in [1.54, 1.807) is 6.07 Å². The number of benzene rings is 1. The van der Waals surface area contributed by atoms with Crippen molar-refractivity contribution < 1.29 is 5.11 Å². The highest BCUT2D eigenvalue weighted by Crippen LogP contribution is 2.31. The molecule has 1 unspecified atom stereocenters. The monoisotopic (exact) mass is 261 g/mol. The molecule has 0 saturated carbocycles. The van der Waals surface area contributed by atoms with Crippen molar-refractivity contribution in [1.82, 2.24) is 5.32 Å². The van der Waals surface area contributed by atoms with Crippen LogP contribution in [-0.2, 0) is 6.54 Å². The predicted molar refractivity (Wildman–Crippen MR) is 69.3 cm³/mol. The van der Waals surface area contributed by atoms with Crippen LogP contribution in [0.2, 0.25) is 10.0 Å². The summed E-state index contributed by atoms with van der Waals surface area (Å²) < 4.78 is 0. The largest absolute Gasteiger partial charge is 0.506 e. The summed E-state index contributed by atoms with van der Waals surface area (Å²) in [6, 6.07) is 3.63. The summed E-state index contributed by atoms with van der Waals surface area (Å²) in [5.74, 6) is 0.645. The van der Waals surface area contributed by atoms with Crippen LogP contribution >= 0.6 is 23.2 Å². The Hall–Kier alpha value is -0.440. The molecule has 0 aliphatic rings. The average molecular weight is 262 g/mol. The van der Waals surface area contributed by atoms with E-state index in [0.717, 1.165) is 5.56 Å². The topological polar surface area (TPSA) is 32.3 Å². The molecule has 1 atom stereocenters. The van der Waals surface area contributed by atoms with Gasteiger partial charge in [0.15, 0.2) is 0 Å². The van der Waals surface area contributed by atoms with Gasteiger partial charge in [0, 0.05) is 23.2 Å². The summed E-state index contributed by atoms with van der Waals surface area (Å²) in [5, 5.41) is 13.9. The minimum Gasteiger partial charge on any atom is -0.506 e. The van der Waals surface area contributed by atoms with E-state index < -0.39 is 0 Å². The molecule has 1 aromatic carbocycles. The van der Waals surface area contributed by atoms with E-state index in [4.69, 9.17) is 23.2 Å². The Kier molecular flexibility index (Phi) is 4.90. The minimum atomic E-state index is 0.106. The number of nitrogens with one attached hydrogen (secondary N) is 1. The van der Waals surface area contributed by atoms with Gasteiger partial charge in [0.1, 0.15) is 5.75 Å². The number of hydrogen-bond acceptors (Lipinski definition) is 2. The Morgan fingerprint density at radius 2 is 1.88 bits per heavy atom. The van der Waals surface area contributed by atoms with E-state index in [-0.39, 0.29) is 5.75 Å². The highest BCUT2D eigenvalue weighted by molar-refractivity contribution is 6.35. The van der Waals surface area contributed by atoms with Crippen molar-refractivity contribution in [3.8, 4) is 5.75 Å². The first kappa shape index (κ1) is 13.6. The molecule has 0 spiro atoms. The third-order valence-corrected chi connectivity index (χ3v) is 3.23. The maximum absolute atomic E-state index is 9.74. The van der Waals surface area contributed by atoms with Gasteiger partial charge in [0.05, 0.1) is 5.02 Å². The standard InChI is InChI=1S/C12H17Cl2NO/c1-7(2)8(3)15-6-9-4-10(13)5-11(14)12(9)16/h4-5,7-8,15-16H,6H2,1-3H3. The lowest BCUT2D eigenvalue weighted by Crippen LogP contribution is -2.30. The van der Waals surface area contributed by atoms with Crippen LogP contribution in [0.25, 0.3) is 0 Å². The van der Waals surface area contributed by atoms with E-state index in [1.807, 2.05) is 0 Å². The summed E-state index contributed by atoms with van der Waals surface area (Å²) in [4.78, 5) is 0. The van der Waals surface area contributed by atoms with Gasteiger partial charge in [-0.15, -0.1) is 0 Å². The molecule has 4 heteroatoms. The number of hydrogen-bond donors (Lipinski definition) is 2. The molecule has 0 fully saturated rings. The highest BCUT2D eigenvalue weighted by Gasteiger charge is 2.10. The van der Waals surface area contributed by atoms with Crippen LogP contribution in [0.4, 0.5) is 0 Å². The van der Waals surface area contributed by atoms with Gasteiger partial charge in [-0.25, -0.2) is 0 Å². The lowest BCUT2D eigenvalue weighted by Gasteiger charge is -2.18. The summed E-state index contributed by atoms with van der Waals surface area (Å²) in [6.45, 7) is 6.95. The Morgan fingerprint density at radius 1 is 1.25 bits per heavy atom. The van der Waals surface area contributed by atoms with E-state index in [2.05, 4.69) is 26.1 Å². The minimum absolute atomic E-state index is 0.106. The van der Waals surface area contributed by atoms with Gasteiger partial charge in [-0.3, -0.25) is 0 Å². The van der Waals surface area contributed by atoms with Crippen molar-refractivity contribution in [2.24, 2.45) is 5.92 Å². The second kappa shape index (κ2) is 5.76. The second-order valence-electron chi connectivity index (χ2n) is 4.31. The van der Waals surface area contributed by atoms with E-state index >= 15 is 0 Å². The molecule has 90 valence electrons. The fraction of sp³-hybridized carbons (Fsp3) is 0.500. The Morgan fingerprint density at radius 3 is 2.44 bits per heavy atom. The van der Waals surface area contributed by atoms with Gasteiger partial charge in [-0.05, 0) is 25.0 Å². The van der Waals surface area contributed by atoms with E-state index in [9.17, 15) is 5.11 Å². The fourth-order valence-corrected chi connectivity index (χ4v) is 1.80. The van der Waals surface area contributed by atoms with Gasteiger partial charge in [0.25, 0.3) is 0 Å². The Labute approximate surface area is 107 Å². The molecular formula is C12H17Cl2NO. The molecule has 16 heavy (non-hydrogen) atoms. The molecule has 0 aliphatic carbocycles. The van der Waals surface area contributed by atoms with Crippen molar-refractivity contribution >= 4 is 23.2 Å². The first-order valence-corrected chi connectivity index (χ1v) is 6.07. The normalized spacial score (nSPS) is 13.1. The fourth-order valence-electron chi connectivity index (χ4n) is 1.26. The van der Waals surface area contributed by atoms with Crippen LogP contribution in [0.5, 0.6) is 5.75 Å². The third-order valence-electron chi connectivity index (χ3n) is 2.72. The maximum atomic E-state index is 9.74. The molecule has 2 nitrogen and oxygen atoms in total. The van der Waals surface area contributed by atoms with Crippen LogP contribution in [0.1, 0.15) is 26.3 Å². The van der Waals surface area contributed by atoms with Gasteiger partial charge >= 0.3 is 0 Å². The molecular weight excluding hydrogens is 245 g/mol. The SMILES string of the molecule is CC(C)C(C)NCc1cc(Cl)cc(Cl)c1O. The van der Waals surface area contributed by atoms with Crippen molar-refractivity contribution in [1.29, 1.82) is 0 Å². The number of rotatable bonds is 4. The van der Waals surface area contributed by atoms with Gasteiger partial charge in [-0.1, -0.05) is 37.0 Å². The molecule has 0 heterocycles. The zero-order valence-electron chi connectivity index (χ0n) is 9.72. The number of aromatic hydroxyl groups is 1. The Balaban J connectivity index is 2.74. The molecule has 0 aromatic heterocycles. The number of phenolic OH excluding ortho intramolecular Hbond substituents is 1. The molecule has 2 N–H and O–H groups in total. The first-order valence-electron chi connectivity index (χ1n) is 5.32. The molecule has 0 radical (unpaired) electrons. The van der Waals surface area contributed by atoms with Crippen LogP contribution in [-0.4, -0.2) is 11.1 Å². The Bertz CT molecular complexity index is 366. The number of halogens is 2. The smallest absolute Gasteiger partial charge is 0.138 e. The summed E-state index contributed by atoms with van der Waals surface area (Å²) in [6.07, 6.45) is 0. The molecule has 1 aromatic rings. The van der Waals surface area contributed by atoms with Crippen LogP contribution in [0, 0.1) is 5.92 Å². The van der Waals surface area contributed by atoms with E-state index in [1.165, 1.54) is 6.07 Å². The molecule has 1 rings (SSSR count). The van der Waals surface area contributed by atoms with Crippen molar-refractivity contribution in [3.05, 3.63) is 27.7 Å². The average Bonchev–Trinajstić information content (AvgIpc) is 2.20. The highest BCUT2D eigenvalue weighted by atomic mass is 35.5. The van der Waals surface area contributed by atoms with Gasteiger partial charge in [0.2, 0.25) is 0 Å². The number of phenols is 1. The third kappa shape index (κ3) is 3.55. The molecule has 0 saturated heterocycles. The maximum Gasteiger partial charge on any atom is 0.138 e.